The molecule has 4 rings (SSSR count). The largest absolute Gasteiger partial charge is 0.455 e. The summed E-state index contributed by atoms with van der Waals surface area (Å²) in [4.78, 5) is 25.9. The van der Waals surface area contributed by atoms with Crippen LogP contribution in [0.25, 0.3) is 0 Å². The number of esters is 1. The maximum Gasteiger partial charge on any atom is 0.408 e. The van der Waals surface area contributed by atoms with Crippen LogP contribution in [0.15, 0.2) is 30.3 Å². The highest BCUT2D eigenvalue weighted by molar-refractivity contribution is 5.81. The molecule has 6 atom stereocenters. The van der Waals surface area contributed by atoms with Crippen LogP contribution in [0.5, 0.6) is 0 Å². The Labute approximate surface area is 211 Å². The Bertz CT molecular complexity index is 919. The van der Waals surface area contributed by atoms with E-state index in [2.05, 4.69) is 5.32 Å². The van der Waals surface area contributed by atoms with Crippen molar-refractivity contribution < 1.29 is 42.7 Å². The van der Waals surface area contributed by atoms with Crippen LogP contribution in [0.1, 0.15) is 53.5 Å². The Kier molecular flexibility index (Phi) is 7.92. The Morgan fingerprint density at radius 2 is 1.75 bits per heavy atom. The van der Waals surface area contributed by atoms with Crippen molar-refractivity contribution in [1.29, 1.82) is 0 Å². The number of hydrogen-bond acceptors (Lipinski definition) is 9. The fourth-order valence-corrected chi connectivity index (χ4v) is 4.62. The summed E-state index contributed by atoms with van der Waals surface area (Å²) in [5.41, 5.74) is 0.843. The SMILES string of the molecule is CC(C)C[C@H](NC(=O)OCc1ccccc1)C(=O)O[C@@H]1[C@@H]2OC(C)(C)O[C@@H]2O[C@@H]1[C@@H]1COC(C)(C)O1. The van der Waals surface area contributed by atoms with Crippen molar-refractivity contribution in [2.45, 2.75) is 103 Å². The van der Waals surface area contributed by atoms with E-state index in [0.717, 1.165) is 5.56 Å². The van der Waals surface area contributed by atoms with E-state index in [1.54, 1.807) is 13.8 Å². The smallest absolute Gasteiger partial charge is 0.408 e. The highest BCUT2D eigenvalue weighted by Gasteiger charge is 2.60. The summed E-state index contributed by atoms with van der Waals surface area (Å²) in [6.45, 7) is 11.4. The first-order valence-corrected chi connectivity index (χ1v) is 12.4. The van der Waals surface area contributed by atoms with Gasteiger partial charge in [0.05, 0.1) is 6.61 Å². The lowest BCUT2D eigenvalue weighted by molar-refractivity contribution is -0.235. The number of alkyl carbamates (subject to hydrolysis) is 1. The molecule has 0 bridgehead atoms. The van der Waals surface area contributed by atoms with E-state index >= 15 is 0 Å². The van der Waals surface area contributed by atoms with Crippen LogP contribution in [0.2, 0.25) is 0 Å². The molecule has 200 valence electrons. The van der Waals surface area contributed by atoms with E-state index < -0.39 is 60.4 Å². The van der Waals surface area contributed by atoms with E-state index in [-0.39, 0.29) is 19.1 Å². The third-order valence-electron chi connectivity index (χ3n) is 6.17. The first-order chi connectivity index (χ1) is 16.9. The molecule has 10 heteroatoms. The van der Waals surface area contributed by atoms with Crippen molar-refractivity contribution in [3.8, 4) is 0 Å². The minimum absolute atomic E-state index is 0.0908. The maximum atomic E-state index is 13.4. The van der Waals surface area contributed by atoms with Crippen LogP contribution in [-0.4, -0.2) is 67.0 Å². The molecule has 0 unspecified atom stereocenters. The topological polar surface area (TPSA) is 111 Å². The summed E-state index contributed by atoms with van der Waals surface area (Å²) < 4.78 is 41.0. The summed E-state index contributed by atoms with van der Waals surface area (Å²) >= 11 is 0. The minimum atomic E-state index is -0.916. The lowest BCUT2D eigenvalue weighted by Crippen LogP contribution is -2.49. The molecule has 3 saturated heterocycles. The minimum Gasteiger partial charge on any atom is -0.455 e. The third-order valence-corrected chi connectivity index (χ3v) is 6.17. The summed E-state index contributed by atoms with van der Waals surface area (Å²) in [5.74, 6) is -2.18. The quantitative estimate of drug-likeness (QED) is 0.530. The van der Waals surface area contributed by atoms with E-state index in [0.29, 0.717) is 6.42 Å². The summed E-state index contributed by atoms with van der Waals surface area (Å²) in [6.07, 6.45) is -3.66. The monoisotopic (exact) mass is 507 g/mol. The van der Waals surface area contributed by atoms with Gasteiger partial charge in [0.1, 0.15) is 24.9 Å². The Hall–Kier alpha value is -2.24. The molecule has 3 aliphatic rings. The van der Waals surface area contributed by atoms with Crippen molar-refractivity contribution in [1.82, 2.24) is 5.32 Å². The average Bonchev–Trinajstić information content (AvgIpc) is 3.41. The van der Waals surface area contributed by atoms with E-state index in [1.807, 2.05) is 58.0 Å². The lowest BCUT2D eigenvalue weighted by atomic mass is 10.0. The van der Waals surface area contributed by atoms with Gasteiger partial charge in [0.25, 0.3) is 0 Å². The predicted molar refractivity (Wildman–Crippen MR) is 126 cm³/mol. The number of fused-ring (bicyclic) bond motifs is 1. The van der Waals surface area contributed by atoms with Gasteiger partial charge >= 0.3 is 12.1 Å². The van der Waals surface area contributed by atoms with Gasteiger partial charge < -0.3 is 38.5 Å². The van der Waals surface area contributed by atoms with Crippen LogP contribution in [0.3, 0.4) is 0 Å². The number of amides is 1. The second-order valence-electron chi connectivity index (χ2n) is 10.7. The van der Waals surface area contributed by atoms with Gasteiger partial charge in [-0.25, -0.2) is 9.59 Å². The second kappa shape index (κ2) is 10.6. The number of ether oxygens (including phenoxy) is 7. The molecule has 0 aromatic heterocycles. The number of carbonyl (C=O) groups excluding carboxylic acids is 2. The van der Waals surface area contributed by atoms with Gasteiger partial charge in [-0.05, 0) is 45.6 Å². The van der Waals surface area contributed by atoms with Gasteiger partial charge in [0.2, 0.25) is 0 Å². The highest BCUT2D eigenvalue weighted by Crippen LogP contribution is 2.42. The molecule has 3 fully saturated rings. The van der Waals surface area contributed by atoms with E-state index in [9.17, 15) is 9.59 Å². The van der Waals surface area contributed by atoms with Crippen LogP contribution < -0.4 is 5.32 Å². The molecule has 1 aromatic carbocycles. The molecule has 3 aliphatic heterocycles. The zero-order valence-corrected chi connectivity index (χ0v) is 21.7. The third kappa shape index (κ3) is 6.54. The fraction of sp³-hybridized carbons (Fsp3) is 0.692. The predicted octanol–water partition coefficient (Wildman–Crippen LogP) is 3.27. The van der Waals surface area contributed by atoms with Gasteiger partial charge in [-0.1, -0.05) is 44.2 Å². The van der Waals surface area contributed by atoms with Crippen LogP contribution in [0, 0.1) is 5.92 Å². The molecular weight excluding hydrogens is 470 g/mol. The Morgan fingerprint density at radius 1 is 1.03 bits per heavy atom. The van der Waals surface area contributed by atoms with Crippen molar-refractivity contribution in [2.75, 3.05) is 6.61 Å². The molecule has 0 spiro atoms. The first-order valence-electron chi connectivity index (χ1n) is 12.4. The summed E-state index contributed by atoms with van der Waals surface area (Å²) in [5, 5.41) is 2.66. The maximum absolute atomic E-state index is 13.4. The van der Waals surface area contributed by atoms with Crippen LogP contribution >= 0.6 is 0 Å². The van der Waals surface area contributed by atoms with Crippen molar-refractivity contribution in [2.24, 2.45) is 5.92 Å². The molecule has 0 aliphatic carbocycles. The number of hydrogen-bond donors (Lipinski definition) is 1. The van der Waals surface area contributed by atoms with Crippen molar-refractivity contribution in [3.05, 3.63) is 35.9 Å². The number of rotatable bonds is 8. The normalized spacial score (nSPS) is 31.1. The molecule has 1 N–H and O–H groups in total. The zero-order chi connectivity index (χ0) is 26.1. The molecule has 1 amide bonds. The van der Waals surface area contributed by atoms with Crippen molar-refractivity contribution in [3.63, 3.8) is 0 Å². The van der Waals surface area contributed by atoms with Gasteiger partial charge in [-0.2, -0.15) is 0 Å². The van der Waals surface area contributed by atoms with E-state index in [4.69, 9.17) is 33.2 Å². The van der Waals surface area contributed by atoms with E-state index in [1.165, 1.54) is 0 Å². The summed E-state index contributed by atoms with van der Waals surface area (Å²) in [6, 6.07) is 8.39. The number of benzene rings is 1. The molecule has 0 radical (unpaired) electrons. The van der Waals surface area contributed by atoms with Gasteiger partial charge in [-0.15, -0.1) is 0 Å². The van der Waals surface area contributed by atoms with Crippen LogP contribution in [0.4, 0.5) is 4.79 Å². The molecule has 36 heavy (non-hydrogen) atoms. The number of nitrogens with one attached hydrogen (secondary N) is 1. The molecule has 0 saturated carbocycles. The van der Waals surface area contributed by atoms with Gasteiger partial charge in [0, 0.05) is 0 Å². The van der Waals surface area contributed by atoms with Gasteiger partial charge in [-0.3, -0.25) is 0 Å². The zero-order valence-electron chi connectivity index (χ0n) is 21.7. The molecule has 10 nitrogen and oxygen atoms in total. The fourth-order valence-electron chi connectivity index (χ4n) is 4.62. The standard InChI is InChI=1S/C26H37NO9/c1-15(2)12-17(27-24(29)30-13-16-10-8-7-9-11-16)22(28)32-20-19(18-14-31-25(3,4)34-18)33-23-21(20)35-26(5,6)36-23/h7-11,15,17-21,23H,12-14H2,1-6H3,(H,27,29)/t17-,18-,19+,20-,21-,23-/m0/s1. The molecular formula is C26H37NO9. The molecule has 1 aromatic rings. The number of carbonyl (C=O) groups is 2. The molecule has 3 heterocycles. The second-order valence-corrected chi connectivity index (χ2v) is 10.7. The average molecular weight is 508 g/mol. The van der Waals surface area contributed by atoms with Crippen LogP contribution in [-0.2, 0) is 44.6 Å². The summed E-state index contributed by atoms with van der Waals surface area (Å²) in [7, 11) is 0. The van der Waals surface area contributed by atoms with Gasteiger partial charge in [0.15, 0.2) is 30.1 Å². The van der Waals surface area contributed by atoms with Crippen molar-refractivity contribution >= 4 is 12.1 Å². The lowest BCUT2D eigenvalue weighted by Gasteiger charge is -2.30. The highest BCUT2D eigenvalue weighted by atomic mass is 16.8. The first kappa shape index (κ1) is 26.8. The Balaban J connectivity index is 1.44. The Morgan fingerprint density at radius 3 is 2.39 bits per heavy atom.